The predicted molar refractivity (Wildman–Crippen MR) is 87.0 cm³/mol. The molecule has 12 nitrogen and oxygen atoms in total. The van der Waals surface area contributed by atoms with Gasteiger partial charge in [0.2, 0.25) is 5.91 Å². The summed E-state index contributed by atoms with van der Waals surface area (Å²) >= 11 is 0. The van der Waals surface area contributed by atoms with Crippen molar-refractivity contribution < 1.29 is 39.1 Å². The third-order valence-electron chi connectivity index (χ3n) is 3.53. The highest BCUT2D eigenvalue weighted by molar-refractivity contribution is 5.73. The maximum Gasteiger partial charge on any atom is 0.217 e. The Kier molecular flexibility index (Phi) is 11.1. The molecule has 0 spiro atoms. The van der Waals surface area contributed by atoms with E-state index < -0.39 is 43.2 Å². The summed E-state index contributed by atoms with van der Waals surface area (Å²) in [6.07, 6.45) is -4.76. The topological polar surface area (TPSA) is 175 Å². The first-order valence-corrected chi connectivity index (χ1v) is 8.18. The second-order valence-electron chi connectivity index (χ2n) is 5.48. The molecule has 1 rings (SSSR count). The normalized spacial score (nSPS) is 28.4. The van der Waals surface area contributed by atoms with Crippen molar-refractivity contribution in [3.8, 4) is 0 Å². The number of aliphatic hydroxyl groups is 3. The van der Waals surface area contributed by atoms with Crippen molar-refractivity contribution in [2.24, 2.45) is 5.11 Å². The Morgan fingerprint density at radius 3 is 2.46 bits per heavy atom. The SMILES string of the molecule is CC(=O)N[C@@H]1[C@@H](OCCOCCOCCN=[N+]=[N-])O[C@H](CO)[C@H](O)[C@@H]1O. The van der Waals surface area contributed by atoms with Crippen molar-refractivity contribution in [2.45, 2.75) is 37.6 Å². The van der Waals surface area contributed by atoms with Gasteiger partial charge in [-0.3, -0.25) is 4.79 Å². The molecule has 0 aromatic heterocycles. The second kappa shape index (κ2) is 12.8. The smallest absolute Gasteiger partial charge is 0.217 e. The zero-order valence-electron chi connectivity index (χ0n) is 14.6. The van der Waals surface area contributed by atoms with Crippen LogP contribution in [0, 0.1) is 0 Å². The lowest BCUT2D eigenvalue weighted by molar-refractivity contribution is -0.272. The Bertz CT molecular complexity index is 462. The fraction of sp³-hybridized carbons (Fsp3) is 0.929. The lowest BCUT2D eigenvalue weighted by Gasteiger charge is -2.42. The summed E-state index contributed by atoms with van der Waals surface area (Å²) in [5.74, 6) is -0.421. The molecule has 1 amide bonds. The third kappa shape index (κ3) is 7.81. The van der Waals surface area contributed by atoms with Gasteiger partial charge in [-0.25, -0.2) is 0 Å². The Labute approximate surface area is 150 Å². The highest BCUT2D eigenvalue weighted by Crippen LogP contribution is 2.22. The number of carbonyl (C=O) groups excluding carboxylic acids is 1. The molecule has 1 heterocycles. The van der Waals surface area contributed by atoms with Crippen LogP contribution in [0.1, 0.15) is 6.92 Å². The van der Waals surface area contributed by atoms with E-state index in [1.54, 1.807) is 0 Å². The molecule has 5 atom stereocenters. The molecule has 1 aliphatic rings. The molecule has 1 aliphatic heterocycles. The Balaban J connectivity index is 2.30. The number of rotatable bonds is 12. The Hall–Kier alpha value is -1.50. The number of hydrogen-bond acceptors (Lipinski definition) is 9. The lowest BCUT2D eigenvalue weighted by Crippen LogP contribution is -2.64. The molecule has 1 saturated heterocycles. The summed E-state index contributed by atoms with van der Waals surface area (Å²) in [6, 6.07) is -0.977. The van der Waals surface area contributed by atoms with Gasteiger partial charge in [0.15, 0.2) is 6.29 Å². The number of azide groups is 1. The minimum absolute atomic E-state index is 0.0977. The number of aliphatic hydroxyl groups excluding tert-OH is 3. The molecular weight excluding hydrogens is 352 g/mol. The summed E-state index contributed by atoms with van der Waals surface area (Å²) in [7, 11) is 0. The van der Waals surface area contributed by atoms with Crippen LogP contribution >= 0.6 is 0 Å². The van der Waals surface area contributed by atoms with Gasteiger partial charge in [0.1, 0.15) is 24.4 Å². The van der Waals surface area contributed by atoms with Crippen LogP contribution in [-0.2, 0) is 23.7 Å². The highest BCUT2D eigenvalue weighted by atomic mass is 16.7. The largest absolute Gasteiger partial charge is 0.394 e. The zero-order valence-corrected chi connectivity index (χ0v) is 14.6. The molecule has 0 saturated carbocycles. The zero-order chi connectivity index (χ0) is 19.4. The van der Waals surface area contributed by atoms with E-state index in [-0.39, 0.29) is 19.8 Å². The van der Waals surface area contributed by atoms with E-state index in [0.29, 0.717) is 19.8 Å². The van der Waals surface area contributed by atoms with Crippen molar-refractivity contribution in [3.05, 3.63) is 10.4 Å². The van der Waals surface area contributed by atoms with Crippen LogP contribution in [0.3, 0.4) is 0 Å². The summed E-state index contributed by atoms with van der Waals surface area (Å²) in [6.45, 7) is 2.25. The highest BCUT2D eigenvalue weighted by Gasteiger charge is 2.45. The molecule has 0 aromatic rings. The van der Waals surface area contributed by atoms with Crippen LogP contribution in [0.5, 0.6) is 0 Å². The first-order chi connectivity index (χ1) is 12.5. The van der Waals surface area contributed by atoms with Gasteiger partial charge < -0.3 is 39.6 Å². The average Bonchev–Trinajstić information content (AvgIpc) is 2.62. The van der Waals surface area contributed by atoms with Crippen molar-refractivity contribution >= 4 is 5.91 Å². The number of nitrogens with zero attached hydrogens (tertiary/aromatic N) is 3. The summed E-state index contributed by atoms with van der Waals surface area (Å²) in [4.78, 5) is 13.9. The summed E-state index contributed by atoms with van der Waals surface area (Å²) in [5, 5.41) is 35.0. The van der Waals surface area contributed by atoms with Gasteiger partial charge in [-0.15, -0.1) is 0 Å². The van der Waals surface area contributed by atoms with Crippen LogP contribution in [0.4, 0.5) is 0 Å². The number of carbonyl (C=O) groups is 1. The van der Waals surface area contributed by atoms with Crippen LogP contribution in [0.2, 0.25) is 0 Å². The molecule has 0 unspecified atom stereocenters. The van der Waals surface area contributed by atoms with Crippen molar-refractivity contribution in [1.29, 1.82) is 0 Å². The van der Waals surface area contributed by atoms with Crippen molar-refractivity contribution in [1.82, 2.24) is 5.32 Å². The van der Waals surface area contributed by atoms with Crippen molar-refractivity contribution in [2.75, 3.05) is 46.2 Å². The van der Waals surface area contributed by atoms with E-state index in [1.807, 2.05) is 0 Å². The van der Waals surface area contributed by atoms with E-state index in [0.717, 1.165) is 0 Å². The molecule has 26 heavy (non-hydrogen) atoms. The fourth-order valence-electron chi connectivity index (χ4n) is 2.31. The van der Waals surface area contributed by atoms with E-state index in [1.165, 1.54) is 6.92 Å². The Morgan fingerprint density at radius 2 is 1.85 bits per heavy atom. The molecule has 12 heteroatoms. The summed E-state index contributed by atoms with van der Waals surface area (Å²) in [5.41, 5.74) is 8.09. The molecule has 0 aliphatic carbocycles. The molecular formula is C14H26N4O8. The lowest BCUT2D eigenvalue weighted by atomic mass is 9.97. The molecule has 0 aromatic carbocycles. The molecule has 0 radical (unpaired) electrons. The van der Waals surface area contributed by atoms with E-state index >= 15 is 0 Å². The van der Waals surface area contributed by atoms with Crippen LogP contribution < -0.4 is 5.32 Å². The van der Waals surface area contributed by atoms with E-state index in [4.69, 9.17) is 24.5 Å². The van der Waals surface area contributed by atoms with Crippen LogP contribution in [-0.4, -0.2) is 98.1 Å². The Morgan fingerprint density at radius 1 is 1.19 bits per heavy atom. The number of amides is 1. The summed E-state index contributed by atoms with van der Waals surface area (Å²) < 4.78 is 21.3. The number of nitrogens with one attached hydrogen (secondary N) is 1. The molecule has 4 N–H and O–H groups in total. The maximum atomic E-state index is 11.3. The van der Waals surface area contributed by atoms with Gasteiger partial charge in [-0.05, 0) is 5.53 Å². The molecule has 0 bridgehead atoms. The number of ether oxygens (including phenoxy) is 4. The standard InChI is InChI=1S/C14H26N4O8/c1-9(20)17-11-13(22)12(21)10(8-19)26-14(11)25-7-6-24-5-4-23-3-2-16-18-15/h10-14,19,21-22H,2-8H2,1H3,(H,17,20)/t10-,11+,12+,13-,14+/m1/s1. The van der Waals surface area contributed by atoms with Gasteiger partial charge >= 0.3 is 0 Å². The van der Waals surface area contributed by atoms with Gasteiger partial charge in [-0.1, -0.05) is 5.11 Å². The fourth-order valence-corrected chi connectivity index (χ4v) is 2.31. The maximum absolute atomic E-state index is 11.3. The minimum atomic E-state index is -1.35. The monoisotopic (exact) mass is 378 g/mol. The van der Waals surface area contributed by atoms with Gasteiger partial charge in [-0.2, -0.15) is 0 Å². The van der Waals surface area contributed by atoms with Gasteiger partial charge in [0.25, 0.3) is 0 Å². The van der Waals surface area contributed by atoms with Gasteiger partial charge in [0.05, 0.1) is 39.6 Å². The van der Waals surface area contributed by atoms with Crippen LogP contribution in [0.25, 0.3) is 10.4 Å². The first kappa shape index (κ1) is 22.5. The third-order valence-corrected chi connectivity index (χ3v) is 3.53. The second-order valence-corrected chi connectivity index (χ2v) is 5.48. The molecule has 150 valence electrons. The average molecular weight is 378 g/mol. The first-order valence-electron chi connectivity index (χ1n) is 8.18. The van der Waals surface area contributed by atoms with E-state index in [9.17, 15) is 20.1 Å². The minimum Gasteiger partial charge on any atom is -0.394 e. The van der Waals surface area contributed by atoms with E-state index in [2.05, 4.69) is 15.3 Å². The van der Waals surface area contributed by atoms with Crippen molar-refractivity contribution in [3.63, 3.8) is 0 Å². The van der Waals surface area contributed by atoms with Gasteiger partial charge in [0, 0.05) is 18.4 Å². The van der Waals surface area contributed by atoms with Crippen LogP contribution in [0.15, 0.2) is 5.11 Å². The number of hydrogen-bond donors (Lipinski definition) is 4. The molecule has 1 fully saturated rings. The predicted octanol–water partition coefficient (Wildman–Crippen LogP) is -1.71. The quantitative estimate of drug-likeness (QED) is 0.134.